The van der Waals surface area contributed by atoms with Gasteiger partial charge >= 0.3 is 0 Å². The first-order chi connectivity index (χ1) is 11.9. The molecule has 1 aliphatic rings. The van der Waals surface area contributed by atoms with E-state index in [1.165, 1.54) is 5.56 Å². The van der Waals surface area contributed by atoms with Gasteiger partial charge in [-0.3, -0.25) is 4.79 Å². The molecule has 5 nitrogen and oxygen atoms in total. The maximum absolute atomic E-state index is 12.4. The van der Waals surface area contributed by atoms with Crippen molar-refractivity contribution in [1.29, 1.82) is 5.26 Å². The molecule has 0 unspecified atom stereocenters. The number of methoxy groups -OCH3 is 1. The van der Waals surface area contributed by atoms with Crippen molar-refractivity contribution in [3.05, 3.63) is 39.2 Å². The first kappa shape index (κ1) is 17.5. The molecule has 1 saturated heterocycles. The van der Waals surface area contributed by atoms with Crippen LogP contribution in [0, 0.1) is 18.3 Å². The Hall–Kier alpha value is -2.32. The lowest BCUT2D eigenvalue weighted by molar-refractivity contribution is -0.0132. The Bertz CT molecular complexity index is 900. The molecule has 3 rings (SSSR count). The van der Waals surface area contributed by atoms with Crippen LogP contribution in [0.3, 0.4) is 0 Å². The zero-order valence-corrected chi connectivity index (χ0v) is 15.4. The zero-order chi connectivity index (χ0) is 18.2. The van der Waals surface area contributed by atoms with Crippen LogP contribution in [0.5, 0.6) is 0 Å². The van der Waals surface area contributed by atoms with E-state index in [0.717, 1.165) is 54.5 Å². The van der Waals surface area contributed by atoms with E-state index in [-0.39, 0.29) is 16.7 Å². The van der Waals surface area contributed by atoms with Crippen molar-refractivity contribution < 1.29 is 4.74 Å². The molecule has 0 amide bonds. The van der Waals surface area contributed by atoms with Crippen LogP contribution in [0.15, 0.2) is 16.9 Å². The second kappa shape index (κ2) is 6.53. The van der Waals surface area contributed by atoms with Gasteiger partial charge < -0.3 is 14.6 Å². The molecule has 25 heavy (non-hydrogen) atoms. The molecule has 0 aliphatic carbocycles. The Morgan fingerprint density at radius 2 is 2.04 bits per heavy atom. The number of benzene rings is 1. The lowest BCUT2D eigenvalue weighted by atomic mass is 9.92. The van der Waals surface area contributed by atoms with E-state index in [1.54, 1.807) is 7.11 Å². The van der Waals surface area contributed by atoms with Gasteiger partial charge in [-0.1, -0.05) is 6.92 Å². The molecule has 1 fully saturated rings. The number of aryl methyl sites for hydroxylation is 2. The standard InChI is InChI=1S/C20H25N3O2/c1-5-14-11-15-17(10-13(14)2)22-19(24)16(12-21)18(15)23-8-6-20(3,25-4)7-9-23/h10-11H,5-9H2,1-4H3,(H,22,24). The number of rotatable bonds is 3. The number of nitrogens with zero attached hydrogens (tertiary/aromatic N) is 2. The lowest BCUT2D eigenvalue weighted by Crippen LogP contribution is -2.44. The summed E-state index contributed by atoms with van der Waals surface area (Å²) in [6.07, 6.45) is 2.66. The minimum atomic E-state index is -0.311. The summed E-state index contributed by atoms with van der Waals surface area (Å²) in [5, 5.41) is 10.6. The first-order valence-corrected chi connectivity index (χ1v) is 8.82. The number of anilines is 1. The molecule has 5 heteroatoms. The Labute approximate surface area is 148 Å². The highest BCUT2D eigenvalue weighted by Crippen LogP contribution is 2.34. The molecule has 2 aromatic rings. The number of piperidine rings is 1. The fraction of sp³-hybridized carbons (Fsp3) is 0.500. The third kappa shape index (κ3) is 3.03. The maximum Gasteiger partial charge on any atom is 0.268 e. The third-order valence-electron chi connectivity index (χ3n) is 5.57. The van der Waals surface area contributed by atoms with Crippen molar-refractivity contribution in [2.75, 3.05) is 25.1 Å². The summed E-state index contributed by atoms with van der Waals surface area (Å²) >= 11 is 0. The zero-order valence-electron chi connectivity index (χ0n) is 15.4. The van der Waals surface area contributed by atoms with Gasteiger partial charge in [0.1, 0.15) is 11.6 Å². The topological polar surface area (TPSA) is 69.1 Å². The van der Waals surface area contributed by atoms with Crippen molar-refractivity contribution in [3.8, 4) is 6.07 Å². The van der Waals surface area contributed by atoms with Gasteiger partial charge in [-0.25, -0.2) is 0 Å². The molecule has 0 spiro atoms. The summed E-state index contributed by atoms with van der Waals surface area (Å²) in [4.78, 5) is 17.5. The average molecular weight is 339 g/mol. The molecule has 0 atom stereocenters. The van der Waals surface area contributed by atoms with E-state index < -0.39 is 0 Å². The van der Waals surface area contributed by atoms with Gasteiger partial charge in [-0.15, -0.1) is 0 Å². The Morgan fingerprint density at radius 1 is 1.36 bits per heavy atom. The molecule has 0 bridgehead atoms. The Morgan fingerprint density at radius 3 is 2.60 bits per heavy atom. The minimum absolute atomic E-state index is 0.133. The summed E-state index contributed by atoms with van der Waals surface area (Å²) in [5.74, 6) is 0. The van der Waals surface area contributed by atoms with Gasteiger partial charge in [-0.05, 0) is 56.4 Å². The van der Waals surface area contributed by atoms with Crippen LogP contribution >= 0.6 is 0 Å². The van der Waals surface area contributed by atoms with Gasteiger partial charge in [0.05, 0.1) is 16.8 Å². The predicted molar refractivity (Wildman–Crippen MR) is 100 cm³/mol. The summed E-state index contributed by atoms with van der Waals surface area (Å²) in [6.45, 7) is 7.83. The minimum Gasteiger partial charge on any atom is -0.378 e. The second-order valence-electron chi connectivity index (χ2n) is 7.11. The number of nitrogens with one attached hydrogen (secondary N) is 1. The monoisotopic (exact) mass is 339 g/mol. The van der Waals surface area contributed by atoms with Gasteiger partial charge in [0.15, 0.2) is 0 Å². The average Bonchev–Trinajstić information content (AvgIpc) is 2.61. The van der Waals surface area contributed by atoms with Crippen molar-refractivity contribution in [2.24, 2.45) is 0 Å². The Kier molecular flexibility index (Phi) is 4.57. The van der Waals surface area contributed by atoms with Crippen molar-refractivity contribution >= 4 is 16.6 Å². The smallest absolute Gasteiger partial charge is 0.268 e. The molecule has 1 aliphatic heterocycles. The van der Waals surface area contributed by atoms with E-state index in [0.29, 0.717) is 0 Å². The number of hydrogen-bond acceptors (Lipinski definition) is 4. The van der Waals surface area contributed by atoms with E-state index in [1.807, 2.05) is 6.07 Å². The highest BCUT2D eigenvalue weighted by atomic mass is 16.5. The highest BCUT2D eigenvalue weighted by molar-refractivity contribution is 5.95. The van der Waals surface area contributed by atoms with Gasteiger partial charge in [0.25, 0.3) is 5.56 Å². The number of nitriles is 1. The molecule has 0 saturated carbocycles. The number of aromatic amines is 1. The van der Waals surface area contributed by atoms with Crippen LogP contribution in [0.25, 0.3) is 10.9 Å². The molecule has 1 N–H and O–H groups in total. The van der Waals surface area contributed by atoms with Crippen LogP contribution in [0.4, 0.5) is 5.69 Å². The fourth-order valence-corrected chi connectivity index (χ4v) is 3.70. The van der Waals surface area contributed by atoms with E-state index in [9.17, 15) is 10.1 Å². The fourth-order valence-electron chi connectivity index (χ4n) is 3.70. The maximum atomic E-state index is 12.4. The summed E-state index contributed by atoms with van der Waals surface area (Å²) in [7, 11) is 1.75. The number of hydrogen-bond donors (Lipinski definition) is 1. The number of ether oxygens (including phenoxy) is 1. The third-order valence-corrected chi connectivity index (χ3v) is 5.57. The van der Waals surface area contributed by atoms with Crippen LogP contribution in [0.1, 0.15) is 43.4 Å². The van der Waals surface area contributed by atoms with Crippen molar-refractivity contribution in [1.82, 2.24) is 4.98 Å². The number of aromatic nitrogens is 1. The number of H-pyrrole nitrogens is 1. The summed E-state index contributed by atoms with van der Waals surface area (Å²) in [5.41, 5.74) is 3.73. The molecule has 0 radical (unpaired) electrons. The van der Waals surface area contributed by atoms with Crippen molar-refractivity contribution in [2.45, 2.75) is 45.6 Å². The molecular weight excluding hydrogens is 314 g/mol. The van der Waals surface area contributed by atoms with E-state index >= 15 is 0 Å². The van der Waals surface area contributed by atoms with Crippen molar-refractivity contribution in [3.63, 3.8) is 0 Å². The molecule has 1 aromatic carbocycles. The van der Waals surface area contributed by atoms with E-state index in [4.69, 9.17) is 4.74 Å². The molecule has 2 heterocycles. The van der Waals surface area contributed by atoms with E-state index in [2.05, 4.69) is 42.8 Å². The largest absolute Gasteiger partial charge is 0.378 e. The molecular formula is C20H25N3O2. The second-order valence-corrected chi connectivity index (χ2v) is 7.11. The summed E-state index contributed by atoms with van der Waals surface area (Å²) < 4.78 is 5.62. The summed E-state index contributed by atoms with van der Waals surface area (Å²) in [6, 6.07) is 6.27. The first-order valence-electron chi connectivity index (χ1n) is 8.82. The molecule has 1 aromatic heterocycles. The van der Waals surface area contributed by atoms with Gasteiger partial charge in [0, 0.05) is 25.6 Å². The van der Waals surface area contributed by atoms with Crippen LogP contribution < -0.4 is 10.5 Å². The van der Waals surface area contributed by atoms with Crippen LogP contribution in [-0.4, -0.2) is 30.8 Å². The number of pyridine rings is 1. The number of fused-ring (bicyclic) bond motifs is 1. The van der Waals surface area contributed by atoms with Gasteiger partial charge in [0.2, 0.25) is 0 Å². The van der Waals surface area contributed by atoms with Gasteiger partial charge in [-0.2, -0.15) is 5.26 Å². The lowest BCUT2D eigenvalue weighted by Gasteiger charge is -2.40. The quantitative estimate of drug-likeness (QED) is 0.932. The predicted octanol–water partition coefficient (Wildman–Crippen LogP) is 3.28. The SMILES string of the molecule is CCc1cc2c(N3CCC(C)(OC)CC3)c(C#N)c(=O)[nH]c2cc1C. The Balaban J connectivity index is 2.19. The normalized spacial score (nSPS) is 16.8. The van der Waals surface area contributed by atoms with Crippen LogP contribution in [0.2, 0.25) is 0 Å². The highest BCUT2D eigenvalue weighted by Gasteiger charge is 2.31. The van der Waals surface area contributed by atoms with Crippen LogP contribution in [-0.2, 0) is 11.2 Å². The molecule has 132 valence electrons.